The van der Waals surface area contributed by atoms with E-state index >= 15 is 0 Å². The molecule has 3 aliphatic heterocycles. The first kappa shape index (κ1) is 20.6. The van der Waals surface area contributed by atoms with Crippen molar-refractivity contribution in [2.24, 2.45) is 4.99 Å². The molecule has 3 aliphatic rings. The van der Waals surface area contributed by atoms with Gasteiger partial charge >= 0.3 is 18.2 Å². The number of urea groups is 1. The van der Waals surface area contributed by atoms with Gasteiger partial charge in [-0.05, 0) is 25.7 Å². The van der Waals surface area contributed by atoms with Gasteiger partial charge in [-0.1, -0.05) is 0 Å². The maximum atomic E-state index is 12.4. The highest BCUT2D eigenvalue weighted by atomic mass is 16.7. The van der Waals surface area contributed by atoms with Gasteiger partial charge in [0.15, 0.2) is 0 Å². The van der Waals surface area contributed by atoms with Crippen molar-refractivity contribution < 1.29 is 39.4 Å². The Morgan fingerprint density at radius 3 is 2.41 bits per heavy atom. The van der Waals surface area contributed by atoms with Crippen molar-refractivity contribution in [2.45, 2.75) is 43.9 Å². The van der Waals surface area contributed by atoms with Gasteiger partial charge in [-0.3, -0.25) is 20.2 Å². The maximum absolute atomic E-state index is 12.4. The van der Waals surface area contributed by atoms with Gasteiger partial charge < -0.3 is 20.0 Å². The van der Waals surface area contributed by atoms with E-state index in [0.29, 0.717) is 30.7 Å². The number of fused-ring (bicyclic) bond motifs is 2. The molecule has 0 aromatic rings. The summed E-state index contributed by atoms with van der Waals surface area (Å²) >= 11 is 0. The monoisotopic (exact) mass is 414 g/mol. The van der Waals surface area contributed by atoms with Crippen molar-refractivity contribution >= 4 is 30.1 Å². The van der Waals surface area contributed by atoms with Crippen molar-refractivity contribution in [1.29, 1.82) is 0 Å². The molecule has 14 nitrogen and oxygen atoms in total. The third-order valence-corrected chi connectivity index (χ3v) is 5.14. The highest BCUT2D eigenvalue weighted by molar-refractivity contribution is 5.98. The number of carbonyl (C=O) groups excluding carboxylic acids is 2. The van der Waals surface area contributed by atoms with E-state index in [0.717, 1.165) is 0 Å². The Morgan fingerprint density at radius 1 is 1.10 bits per heavy atom. The van der Waals surface area contributed by atoms with Crippen LogP contribution in [0.15, 0.2) is 4.99 Å². The second kappa shape index (κ2) is 8.48. The molecule has 0 unspecified atom stereocenters. The molecule has 3 fully saturated rings. The van der Waals surface area contributed by atoms with Crippen LogP contribution in [0, 0.1) is 0 Å². The minimum Gasteiger partial charge on any atom is -0.465 e. The lowest BCUT2D eigenvalue weighted by atomic mass is 10.0. The molecule has 2 atom stereocenters. The summed E-state index contributed by atoms with van der Waals surface area (Å²) in [5.41, 5.74) is 2.36. The molecular weight excluding hydrogens is 392 g/mol. The van der Waals surface area contributed by atoms with Crippen LogP contribution >= 0.6 is 0 Å². The average Bonchev–Trinajstić information content (AvgIpc) is 2.89. The summed E-state index contributed by atoms with van der Waals surface area (Å²) < 4.78 is 0. The van der Waals surface area contributed by atoms with Crippen molar-refractivity contribution in [2.75, 3.05) is 19.6 Å². The van der Waals surface area contributed by atoms with Gasteiger partial charge in [0.25, 0.3) is 5.91 Å². The van der Waals surface area contributed by atoms with E-state index < -0.39 is 30.2 Å². The van der Waals surface area contributed by atoms with Crippen LogP contribution in [0.25, 0.3) is 0 Å². The summed E-state index contributed by atoms with van der Waals surface area (Å²) in [6.45, 7) is 0.818. The van der Waals surface area contributed by atoms with Crippen LogP contribution in [-0.4, -0.2) is 98.2 Å². The number of rotatable bonds is 3. The van der Waals surface area contributed by atoms with Crippen LogP contribution in [-0.2, 0) is 9.63 Å². The van der Waals surface area contributed by atoms with Crippen molar-refractivity contribution in [3.63, 3.8) is 0 Å². The second-order valence-corrected chi connectivity index (χ2v) is 6.95. The maximum Gasteiger partial charge on any atom is 0.434 e. The predicted octanol–water partition coefficient (Wildman–Crippen LogP) is -0.542. The molecule has 29 heavy (non-hydrogen) atoms. The Morgan fingerprint density at radius 2 is 1.79 bits per heavy atom. The largest absolute Gasteiger partial charge is 0.465 e. The molecule has 5 amide bonds. The van der Waals surface area contributed by atoms with Crippen molar-refractivity contribution in [3.8, 4) is 0 Å². The number of carbonyl (C=O) groups is 4. The van der Waals surface area contributed by atoms with E-state index in [2.05, 4.69) is 10.5 Å². The summed E-state index contributed by atoms with van der Waals surface area (Å²) in [4.78, 5) is 57.3. The van der Waals surface area contributed by atoms with Crippen LogP contribution in [0.2, 0.25) is 0 Å². The molecule has 3 saturated heterocycles. The van der Waals surface area contributed by atoms with E-state index in [1.807, 2.05) is 5.32 Å². The fraction of sp³-hybridized carbons (Fsp3) is 0.667. The zero-order chi connectivity index (χ0) is 21.1. The molecule has 0 saturated carbocycles. The Kier molecular flexibility index (Phi) is 6.03. The molecule has 3 rings (SSSR count). The summed E-state index contributed by atoms with van der Waals surface area (Å²) in [6, 6.07) is -1.61. The van der Waals surface area contributed by atoms with Crippen molar-refractivity contribution in [1.82, 2.24) is 25.7 Å². The number of likely N-dealkylation sites (tertiary alicyclic amines) is 1. The van der Waals surface area contributed by atoms with Crippen LogP contribution < -0.4 is 10.8 Å². The number of aliphatic imine (C=N–C) groups is 1. The van der Waals surface area contributed by atoms with Crippen molar-refractivity contribution in [3.05, 3.63) is 0 Å². The number of nitrogens with one attached hydrogen (secondary N) is 2. The summed E-state index contributed by atoms with van der Waals surface area (Å²) in [7, 11) is 0. The number of guanidine groups is 1. The predicted molar refractivity (Wildman–Crippen MR) is 93.0 cm³/mol. The number of hydrogen-bond donors (Lipinski definition) is 5. The summed E-state index contributed by atoms with van der Waals surface area (Å²) in [6.07, 6.45) is -1.62. The highest BCUT2D eigenvalue weighted by Gasteiger charge is 2.47. The van der Waals surface area contributed by atoms with Gasteiger partial charge in [-0.2, -0.15) is 0 Å². The molecule has 0 spiro atoms. The molecular formula is C15H22N6O8. The van der Waals surface area contributed by atoms with Gasteiger partial charge in [-0.15, -0.1) is 4.99 Å². The fourth-order valence-corrected chi connectivity index (χ4v) is 3.68. The fourth-order valence-electron chi connectivity index (χ4n) is 3.68. The number of carboxylic acid groups (broad SMARTS) is 2. The highest BCUT2D eigenvalue weighted by Crippen LogP contribution is 2.28. The quantitative estimate of drug-likeness (QED) is 0.175. The second-order valence-electron chi connectivity index (χ2n) is 6.95. The van der Waals surface area contributed by atoms with E-state index in [4.69, 9.17) is 15.1 Å². The van der Waals surface area contributed by atoms with E-state index in [9.17, 15) is 24.4 Å². The van der Waals surface area contributed by atoms with E-state index in [1.54, 1.807) is 0 Å². The first-order valence-electron chi connectivity index (χ1n) is 9.07. The first-order valence-corrected chi connectivity index (χ1v) is 9.07. The summed E-state index contributed by atoms with van der Waals surface area (Å²) in [5, 5.41) is 29.8. The first-order chi connectivity index (χ1) is 13.8. The zero-order valence-electron chi connectivity index (χ0n) is 15.4. The van der Waals surface area contributed by atoms with Gasteiger partial charge in [-0.25, -0.2) is 24.9 Å². The third kappa shape index (κ3) is 4.65. The third-order valence-electron chi connectivity index (χ3n) is 5.14. The van der Waals surface area contributed by atoms with Gasteiger partial charge in [0.05, 0.1) is 12.1 Å². The Balaban J connectivity index is 1.47. The van der Waals surface area contributed by atoms with Crippen LogP contribution in [0.4, 0.5) is 14.4 Å². The molecule has 2 bridgehead atoms. The molecule has 5 N–H and O–H groups in total. The van der Waals surface area contributed by atoms with Gasteiger partial charge in [0.1, 0.15) is 6.04 Å². The number of piperidine rings is 2. The minimum absolute atomic E-state index is 0.266. The topological polar surface area (TPSA) is 184 Å². The molecule has 0 aliphatic carbocycles. The standard InChI is InChI=1S/C15H22N6O8/c22-11(10-2-1-8-7-20(10)15(27)21(8)28)18-29-9-3-5-19(6-4-9)12(16-13(23)24)17-14(25)26/h8-10,28H,1-7H2,(H,16,17)(H,18,22)(H,23,24)(H,25,26)/t8-,10+/m1/s1. The number of hydrogen-bond acceptors (Lipinski definition) is 6. The zero-order valence-corrected chi connectivity index (χ0v) is 15.4. The smallest absolute Gasteiger partial charge is 0.434 e. The van der Waals surface area contributed by atoms with Crippen LogP contribution in [0.3, 0.4) is 0 Å². The molecule has 3 heterocycles. The molecule has 0 aromatic heterocycles. The van der Waals surface area contributed by atoms with Gasteiger partial charge in [0, 0.05) is 19.6 Å². The molecule has 0 radical (unpaired) electrons. The van der Waals surface area contributed by atoms with Crippen LogP contribution in [0.5, 0.6) is 0 Å². The van der Waals surface area contributed by atoms with E-state index in [-0.39, 0.29) is 37.7 Å². The van der Waals surface area contributed by atoms with E-state index in [1.165, 1.54) is 9.80 Å². The normalized spacial score (nSPS) is 25.2. The average molecular weight is 414 g/mol. The number of nitrogens with zero attached hydrogens (tertiary/aromatic N) is 4. The summed E-state index contributed by atoms with van der Waals surface area (Å²) in [5.74, 6) is -0.763. The Bertz CT molecular complexity index is 722. The number of amides is 5. The molecule has 160 valence electrons. The lowest BCUT2D eigenvalue weighted by molar-refractivity contribution is -0.145. The number of hydroxylamine groups is 3. The van der Waals surface area contributed by atoms with Crippen LogP contribution in [0.1, 0.15) is 25.7 Å². The Hall–Kier alpha value is -3.13. The van der Waals surface area contributed by atoms with Gasteiger partial charge in [0.2, 0.25) is 5.96 Å². The lowest BCUT2D eigenvalue weighted by Gasteiger charge is -2.34. The lowest BCUT2D eigenvalue weighted by Crippen LogP contribution is -2.52. The Labute approximate surface area is 164 Å². The SMILES string of the molecule is O=C(O)N=C(NC(=O)O)N1CCC(ONC(=O)[C@@H]2CC[C@@H]3CN2C(=O)N3O)CC1. The molecule has 0 aromatic carbocycles. The molecule has 14 heteroatoms. The minimum atomic E-state index is -1.52.